The molecule has 3 heterocycles. The van der Waals surface area contributed by atoms with Crippen LogP contribution in [-0.4, -0.2) is 18.5 Å². The highest BCUT2D eigenvalue weighted by atomic mass is 16.4. The SMILES string of the molecule is Cc1oc2nc3c(c(=O)n(C/C=C/c4ccccc4)c(=O)n3C)n2c1C. The van der Waals surface area contributed by atoms with Crippen LogP contribution < -0.4 is 11.2 Å². The van der Waals surface area contributed by atoms with Crippen molar-refractivity contribution in [1.29, 1.82) is 0 Å². The maximum absolute atomic E-state index is 13.0. The van der Waals surface area contributed by atoms with Gasteiger partial charge in [0.05, 0.1) is 5.69 Å². The average Bonchev–Trinajstić information content (AvgIpc) is 3.14. The molecule has 3 aromatic heterocycles. The topological polar surface area (TPSA) is 74.4 Å². The standard InChI is InChI=1S/C19H18N4O3/c1-12-13(2)26-18-20-16-15(23(12)18)17(24)22(19(25)21(16)3)11-7-10-14-8-5-4-6-9-14/h4-10H,11H2,1-3H3/b10-7+. The number of nitrogens with zero attached hydrogens (tertiary/aromatic N) is 4. The van der Waals surface area contributed by atoms with Crippen molar-refractivity contribution < 1.29 is 4.42 Å². The van der Waals surface area contributed by atoms with Crippen LogP contribution in [-0.2, 0) is 13.6 Å². The lowest BCUT2D eigenvalue weighted by atomic mass is 10.2. The van der Waals surface area contributed by atoms with Crippen molar-refractivity contribution in [3.05, 3.63) is 74.3 Å². The molecule has 0 atom stereocenters. The van der Waals surface area contributed by atoms with E-state index in [1.54, 1.807) is 17.5 Å². The van der Waals surface area contributed by atoms with E-state index < -0.39 is 5.69 Å². The number of hydrogen-bond acceptors (Lipinski definition) is 4. The van der Waals surface area contributed by atoms with Gasteiger partial charge in [-0.15, -0.1) is 0 Å². The van der Waals surface area contributed by atoms with Crippen molar-refractivity contribution in [2.24, 2.45) is 7.05 Å². The number of benzene rings is 1. The Hall–Kier alpha value is -3.35. The average molecular weight is 350 g/mol. The first-order valence-corrected chi connectivity index (χ1v) is 8.28. The van der Waals surface area contributed by atoms with Gasteiger partial charge >= 0.3 is 11.5 Å². The van der Waals surface area contributed by atoms with Gasteiger partial charge in [-0.1, -0.05) is 42.5 Å². The van der Waals surface area contributed by atoms with E-state index in [1.165, 1.54) is 9.13 Å². The third-order valence-corrected chi connectivity index (χ3v) is 4.60. The highest BCUT2D eigenvalue weighted by Crippen LogP contribution is 2.19. The summed E-state index contributed by atoms with van der Waals surface area (Å²) in [6.07, 6.45) is 3.69. The minimum atomic E-state index is -0.407. The van der Waals surface area contributed by atoms with E-state index in [2.05, 4.69) is 4.98 Å². The van der Waals surface area contributed by atoms with Crippen LogP contribution in [0.25, 0.3) is 23.1 Å². The van der Waals surface area contributed by atoms with Crippen LogP contribution in [0.1, 0.15) is 17.0 Å². The molecule has 0 saturated heterocycles. The molecule has 1 aromatic carbocycles. The fourth-order valence-corrected chi connectivity index (χ4v) is 3.07. The second kappa shape index (κ2) is 5.87. The fraction of sp³-hybridized carbons (Fsp3) is 0.211. The molecule has 0 amide bonds. The van der Waals surface area contributed by atoms with Crippen molar-refractivity contribution in [1.82, 2.24) is 18.5 Å². The maximum atomic E-state index is 13.0. The van der Waals surface area contributed by atoms with Crippen LogP contribution >= 0.6 is 0 Å². The maximum Gasteiger partial charge on any atom is 0.332 e. The molecule has 0 aliphatic carbocycles. The molecule has 0 N–H and O–H groups in total. The third kappa shape index (κ3) is 2.32. The molecule has 7 nitrogen and oxygen atoms in total. The van der Waals surface area contributed by atoms with Crippen LogP contribution in [0, 0.1) is 13.8 Å². The number of aromatic nitrogens is 4. The predicted octanol–water partition coefficient (Wildman–Crippen LogP) is 2.27. The molecule has 4 rings (SSSR count). The van der Waals surface area contributed by atoms with Gasteiger partial charge in [0.25, 0.3) is 5.56 Å². The molecule has 0 unspecified atom stereocenters. The van der Waals surface area contributed by atoms with Crippen molar-refractivity contribution in [2.45, 2.75) is 20.4 Å². The van der Waals surface area contributed by atoms with Gasteiger partial charge < -0.3 is 4.42 Å². The lowest BCUT2D eigenvalue weighted by Gasteiger charge is -2.06. The number of rotatable bonds is 3. The van der Waals surface area contributed by atoms with Gasteiger partial charge in [0.15, 0.2) is 11.2 Å². The van der Waals surface area contributed by atoms with E-state index in [0.29, 0.717) is 22.8 Å². The normalized spacial score (nSPS) is 12.0. The molecule has 0 radical (unpaired) electrons. The quantitative estimate of drug-likeness (QED) is 0.568. The van der Waals surface area contributed by atoms with E-state index in [9.17, 15) is 9.59 Å². The molecule has 26 heavy (non-hydrogen) atoms. The number of oxazole rings is 1. The summed E-state index contributed by atoms with van der Waals surface area (Å²) in [5.74, 6) is 1.01. The first kappa shape index (κ1) is 16.1. The molecule has 0 aliphatic heterocycles. The summed E-state index contributed by atoms with van der Waals surface area (Å²) in [4.78, 5) is 29.9. The van der Waals surface area contributed by atoms with Crippen molar-refractivity contribution in [2.75, 3.05) is 0 Å². The molecule has 0 saturated carbocycles. The zero-order chi connectivity index (χ0) is 18.4. The van der Waals surface area contributed by atoms with Crippen LogP contribution in [0.15, 0.2) is 50.4 Å². The second-order valence-corrected chi connectivity index (χ2v) is 6.22. The number of imidazole rings is 1. The molecule has 132 valence electrons. The van der Waals surface area contributed by atoms with E-state index in [-0.39, 0.29) is 12.1 Å². The summed E-state index contributed by atoms with van der Waals surface area (Å²) in [6.45, 7) is 3.86. The van der Waals surface area contributed by atoms with Crippen LogP contribution in [0.3, 0.4) is 0 Å². The molecule has 4 aromatic rings. The van der Waals surface area contributed by atoms with Crippen molar-refractivity contribution in [3.8, 4) is 0 Å². The smallest absolute Gasteiger partial charge is 0.332 e. The Morgan fingerprint density at radius 2 is 1.88 bits per heavy atom. The molecule has 7 heteroatoms. The number of fused-ring (bicyclic) bond motifs is 3. The summed E-state index contributed by atoms with van der Waals surface area (Å²) in [6, 6.07) is 9.72. The Labute approximate surface area is 148 Å². The van der Waals surface area contributed by atoms with Gasteiger partial charge in [0.2, 0.25) is 0 Å². The summed E-state index contributed by atoms with van der Waals surface area (Å²) < 4.78 is 9.84. The van der Waals surface area contributed by atoms with Crippen molar-refractivity contribution in [3.63, 3.8) is 0 Å². The van der Waals surface area contributed by atoms with Gasteiger partial charge in [-0.25, -0.2) is 4.79 Å². The Balaban J connectivity index is 1.89. The van der Waals surface area contributed by atoms with Gasteiger partial charge in [0.1, 0.15) is 5.76 Å². The van der Waals surface area contributed by atoms with Crippen LogP contribution in [0.2, 0.25) is 0 Å². The van der Waals surface area contributed by atoms with E-state index in [4.69, 9.17) is 4.42 Å². The Morgan fingerprint density at radius 3 is 2.62 bits per heavy atom. The van der Waals surface area contributed by atoms with E-state index in [1.807, 2.05) is 50.3 Å². The Bertz CT molecular complexity index is 1270. The summed E-state index contributed by atoms with van der Waals surface area (Å²) in [5.41, 5.74) is 1.69. The molecule has 0 spiro atoms. The van der Waals surface area contributed by atoms with Crippen molar-refractivity contribution >= 4 is 23.1 Å². The zero-order valence-corrected chi connectivity index (χ0v) is 14.8. The molecular weight excluding hydrogens is 332 g/mol. The third-order valence-electron chi connectivity index (χ3n) is 4.60. The Morgan fingerprint density at radius 1 is 1.15 bits per heavy atom. The Kier molecular flexibility index (Phi) is 3.64. The van der Waals surface area contributed by atoms with Gasteiger partial charge in [-0.05, 0) is 19.4 Å². The second-order valence-electron chi connectivity index (χ2n) is 6.22. The summed E-state index contributed by atoms with van der Waals surface area (Å²) in [7, 11) is 1.61. The van der Waals surface area contributed by atoms with Gasteiger partial charge in [-0.3, -0.25) is 18.3 Å². The summed E-state index contributed by atoms with van der Waals surface area (Å²) in [5, 5.41) is 0. The lowest BCUT2D eigenvalue weighted by Crippen LogP contribution is -2.39. The minimum Gasteiger partial charge on any atom is -0.428 e. The summed E-state index contributed by atoms with van der Waals surface area (Å²) >= 11 is 0. The molecule has 0 aliphatic rings. The number of allylic oxidation sites excluding steroid dienone is 1. The minimum absolute atomic E-state index is 0.180. The fourth-order valence-electron chi connectivity index (χ4n) is 3.07. The zero-order valence-electron chi connectivity index (χ0n) is 14.8. The monoisotopic (exact) mass is 350 g/mol. The lowest BCUT2D eigenvalue weighted by molar-refractivity contribution is 0.561. The molecule has 0 fully saturated rings. The highest BCUT2D eigenvalue weighted by molar-refractivity contribution is 5.75. The van der Waals surface area contributed by atoms with E-state index >= 15 is 0 Å². The molecular formula is C19H18N4O3. The van der Waals surface area contributed by atoms with Crippen LogP contribution in [0.5, 0.6) is 0 Å². The number of aryl methyl sites for hydroxylation is 3. The largest absolute Gasteiger partial charge is 0.428 e. The highest BCUT2D eigenvalue weighted by Gasteiger charge is 2.20. The predicted molar refractivity (Wildman–Crippen MR) is 99.4 cm³/mol. The van der Waals surface area contributed by atoms with Gasteiger partial charge in [-0.2, -0.15) is 4.98 Å². The van der Waals surface area contributed by atoms with Crippen LogP contribution in [0.4, 0.5) is 0 Å². The van der Waals surface area contributed by atoms with E-state index in [0.717, 1.165) is 11.3 Å². The molecule has 0 bridgehead atoms. The first-order valence-electron chi connectivity index (χ1n) is 8.28. The van der Waals surface area contributed by atoms with Gasteiger partial charge in [0, 0.05) is 13.6 Å². The first-order chi connectivity index (χ1) is 12.5. The number of hydrogen-bond donors (Lipinski definition) is 0.